The molecule has 10 N–H and O–H groups in total. The molecule has 0 saturated carbocycles. The molecule has 0 aliphatic rings. The average Bonchev–Trinajstić information content (AvgIpc) is 2.55. The van der Waals surface area contributed by atoms with Crippen molar-refractivity contribution in [2.45, 2.75) is 0 Å². The van der Waals surface area contributed by atoms with Gasteiger partial charge in [-0.05, 0) is 24.3 Å². The lowest BCUT2D eigenvalue weighted by molar-refractivity contribution is 0.0697. The van der Waals surface area contributed by atoms with E-state index in [0.717, 1.165) is 0 Å². The fraction of sp³-hybridized carbons (Fsp3) is 0. The van der Waals surface area contributed by atoms with Gasteiger partial charge < -0.3 is 28.0 Å². The van der Waals surface area contributed by atoms with Gasteiger partial charge in [-0.3, -0.25) is 10.2 Å². The van der Waals surface area contributed by atoms with E-state index >= 15 is 0 Å². The second-order valence-electron chi connectivity index (χ2n) is 4.71. The maximum Gasteiger partial charge on any atom is 0.337 e. The molecule has 0 spiro atoms. The van der Waals surface area contributed by atoms with Gasteiger partial charge in [-0.2, -0.15) is 0 Å². The molecular formula is C16H18N6O3. The maximum atomic E-state index is 10.7. The first-order valence-electron chi connectivity index (χ1n) is 6.88. The third-order valence-corrected chi connectivity index (χ3v) is 2.86. The molecule has 0 aliphatic carbocycles. The predicted molar refractivity (Wildman–Crippen MR) is 94.8 cm³/mol. The van der Waals surface area contributed by atoms with Gasteiger partial charge in [-0.25, -0.2) is 9.79 Å². The Kier molecular flexibility index (Phi) is 6.65. The van der Waals surface area contributed by atoms with E-state index in [1.165, 1.54) is 12.1 Å². The fourth-order valence-electron chi connectivity index (χ4n) is 1.71. The number of guanidine groups is 1. The van der Waals surface area contributed by atoms with Crippen molar-refractivity contribution in [3.63, 3.8) is 0 Å². The lowest BCUT2D eigenvalue weighted by Crippen LogP contribution is -2.22. The summed E-state index contributed by atoms with van der Waals surface area (Å²) in [7, 11) is 0. The Labute approximate surface area is 143 Å². The van der Waals surface area contributed by atoms with Crippen LogP contribution in [0.15, 0.2) is 53.5 Å². The Morgan fingerprint density at radius 1 is 0.880 bits per heavy atom. The van der Waals surface area contributed by atoms with Crippen molar-refractivity contribution in [1.82, 2.24) is 0 Å². The van der Waals surface area contributed by atoms with Crippen LogP contribution < -0.4 is 22.9 Å². The van der Waals surface area contributed by atoms with Gasteiger partial charge in [0.15, 0.2) is 5.96 Å². The van der Waals surface area contributed by atoms with Crippen LogP contribution in [0.2, 0.25) is 0 Å². The maximum absolute atomic E-state index is 10.7. The largest absolute Gasteiger partial charge is 0.478 e. The number of aliphatic imine (C=N–C) groups is 1. The summed E-state index contributed by atoms with van der Waals surface area (Å²) in [6.45, 7) is 0. The van der Waals surface area contributed by atoms with E-state index in [1.807, 2.05) is 0 Å². The molecule has 2 rings (SSSR count). The minimum absolute atomic E-state index is 0.0222. The van der Waals surface area contributed by atoms with Gasteiger partial charge in [0.25, 0.3) is 0 Å². The van der Waals surface area contributed by atoms with E-state index in [2.05, 4.69) is 4.99 Å². The van der Waals surface area contributed by atoms with Gasteiger partial charge in [-0.15, -0.1) is 0 Å². The number of carbonyl (C=O) groups is 2. The van der Waals surface area contributed by atoms with Gasteiger partial charge >= 0.3 is 5.97 Å². The van der Waals surface area contributed by atoms with Crippen LogP contribution >= 0.6 is 0 Å². The zero-order valence-corrected chi connectivity index (χ0v) is 13.1. The van der Waals surface area contributed by atoms with Crippen LogP contribution in [0, 0.1) is 5.41 Å². The topological polar surface area (TPSA) is 195 Å². The molecule has 0 saturated heterocycles. The van der Waals surface area contributed by atoms with Gasteiger partial charge in [0.2, 0.25) is 5.91 Å². The zero-order valence-electron chi connectivity index (χ0n) is 13.1. The highest BCUT2D eigenvalue weighted by molar-refractivity contribution is 5.97. The number of carboxylic acids is 1. The highest BCUT2D eigenvalue weighted by Crippen LogP contribution is 2.17. The fourth-order valence-corrected chi connectivity index (χ4v) is 1.71. The van der Waals surface area contributed by atoms with E-state index in [1.54, 1.807) is 36.4 Å². The summed E-state index contributed by atoms with van der Waals surface area (Å²) in [6.07, 6.45) is 0. The minimum Gasteiger partial charge on any atom is -0.478 e. The Morgan fingerprint density at radius 3 is 1.84 bits per heavy atom. The summed E-state index contributed by atoms with van der Waals surface area (Å²) < 4.78 is 0. The summed E-state index contributed by atoms with van der Waals surface area (Å²) in [5.74, 6) is -1.72. The number of benzene rings is 2. The number of aromatic carboxylic acids is 1. The lowest BCUT2D eigenvalue weighted by atomic mass is 10.1. The summed E-state index contributed by atoms with van der Waals surface area (Å²) in [5.41, 5.74) is 21.8. The number of carboxylic acid groups (broad SMARTS) is 1. The number of hydrogen-bond donors (Lipinski definition) is 6. The quantitative estimate of drug-likeness (QED) is 0.342. The summed E-state index contributed by atoms with van der Waals surface area (Å²) in [4.78, 5) is 24.9. The minimum atomic E-state index is -1.06. The molecule has 0 fully saturated rings. The highest BCUT2D eigenvalue weighted by Gasteiger charge is 2.07. The molecule has 0 radical (unpaired) electrons. The number of nitrogen functional groups attached to an aromatic ring is 1. The van der Waals surface area contributed by atoms with Crippen LogP contribution in [0.3, 0.4) is 0 Å². The number of carbonyl (C=O) groups excluding carboxylic acids is 1. The molecule has 0 bridgehead atoms. The molecule has 25 heavy (non-hydrogen) atoms. The van der Waals surface area contributed by atoms with Gasteiger partial charge in [-0.1, -0.05) is 24.3 Å². The second kappa shape index (κ2) is 8.67. The van der Waals surface area contributed by atoms with Crippen molar-refractivity contribution in [3.8, 4) is 0 Å². The Morgan fingerprint density at radius 2 is 1.40 bits per heavy atom. The molecule has 0 aromatic heterocycles. The van der Waals surface area contributed by atoms with Crippen LogP contribution in [-0.4, -0.2) is 28.8 Å². The number of amidine groups is 1. The second-order valence-corrected chi connectivity index (χ2v) is 4.71. The zero-order chi connectivity index (χ0) is 19.0. The molecule has 9 nitrogen and oxygen atoms in total. The summed E-state index contributed by atoms with van der Waals surface area (Å²) in [6, 6.07) is 12.5. The van der Waals surface area contributed by atoms with Gasteiger partial charge in [0.05, 0.1) is 11.3 Å². The molecule has 2 aromatic carbocycles. The number of rotatable bonds is 4. The molecule has 130 valence electrons. The van der Waals surface area contributed by atoms with E-state index in [0.29, 0.717) is 11.1 Å². The monoisotopic (exact) mass is 342 g/mol. The molecule has 2 aromatic rings. The molecule has 1 amide bonds. The SMILES string of the molecule is N=C(N)c1ccc(C(N)=O)cc1.NC(N)=Nc1ccccc1C(=O)O. The van der Waals surface area contributed by atoms with Crippen molar-refractivity contribution in [3.05, 3.63) is 65.2 Å². The average molecular weight is 342 g/mol. The number of primary amides is 1. The van der Waals surface area contributed by atoms with Crippen LogP contribution in [0.5, 0.6) is 0 Å². The molecule has 9 heteroatoms. The molecular weight excluding hydrogens is 324 g/mol. The standard InChI is InChI=1S/C8H9N3O2.C8H9N3O/c9-8(10)11-6-4-2-1-3-5(6)7(12)13;9-7(10)5-1-3-6(4-2-5)8(11)12/h1-4H,(H,12,13)(H4,9,10,11);1-4H,(H3,9,10)(H2,11,12). The van der Waals surface area contributed by atoms with E-state index < -0.39 is 11.9 Å². The van der Waals surface area contributed by atoms with E-state index in [-0.39, 0.29) is 23.0 Å². The Bertz CT molecular complexity index is 778. The van der Waals surface area contributed by atoms with Crippen LogP contribution in [-0.2, 0) is 0 Å². The number of para-hydroxylation sites is 1. The molecule has 0 aliphatic heterocycles. The van der Waals surface area contributed by atoms with E-state index in [9.17, 15) is 9.59 Å². The van der Waals surface area contributed by atoms with Crippen molar-refractivity contribution in [1.29, 1.82) is 5.41 Å². The Balaban J connectivity index is 0.000000251. The summed E-state index contributed by atoms with van der Waals surface area (Å²) >= 11 is 0. The van der Waals surface area contributed by atoms with Crippen molar-refractivity contribution in [2.75, 3.05) is 0 Å². The van der Waals surface area contributed by atoms with Crippen molar-refractivity contribution < 1.29 is 14.7 Å². The summed E-state index contributed by atoms with van der Waals surface area (Å²) in [5, 5.41) is 15.8. The van der Waals surface area contributed by atoms with Crippen LogP contribution in [0.1, 0.15) is 26.3 Å². The number of hydrogen-bond acceptors (Lipinski definition) is 4. The number of nitrogens with two attached hydrogens (primary N) is 4. The first-order chi connectivity index (χ1) is 11.7. The molecule has 0 atom stereocenters. The normalized spacial score (nSPS) is 9.28. The lowest BCUT2D eigenvalue weighted by Gasteiger charge is -1.99. The van der Waals surface area contributed by atoms with E-state index in [4.69, 9.17) is 33.5 Å². The van der Waals surface area contributed by atoms with Crippen molar-refractivity contribution in [2.24, 2.45) is 27.9 Å². The smallest absolute Gasteiger partial charge is 0.337 e. The molecule has 0 heterocycles. The predicted octanol–water partition coefficient (Wildman–Crippen LogP) is 0.359. The van der Waals surface area contributed by atoms with Crippen LogP contribution in [0.4, 0.5) is 5.69 Å². The van der Waals surface area contributed by atoms with Gasteiger partial charge in [0.1, 0.15) is 5.84 Å². The molecule has 0 unspecified atom stereocenters. The number of amides is 1. The third-order valence-electron chi connectivity index (χ3n) is 2.86. The number of nitrogens with one attached hydrogen (secondary N) is 1. The van der Waals surface area contributed by atoms with Gasteiger partial charge in [0, 0.05) is 11.1 Å². The first-order valence-corrected chi connectivity index (χ1v) is 6.88. The van der Waals surface area contributed by atoms with Crippen LogP contribution in [0.25, 0.3) is 0 Å². The number of nitrogens with zero attached hydrogens (tertiary/aromatic N) is 1. The van der Waals surface area contributed by atoms with Crippen molar-refractivity contribution >= 4 is 29.4 Å². The highest BCUT2D eigenvalue weighted by atomic mass is 16.4. The Hall–Kier alpha value is -3.88. The first kappa shape index (κ1) is 19.2. The third kappa shape index (κ3) is 6.02.